The van der Waals surface area contributed by atoms with E-state index in [-0.39, 0.29) is 6.04 Å². The van der Waals surface area contributed by atoms with Crippen molar-refractivity contribution in [3.8, 4) is 0 Å². The third-order valence-corrected chi connectivity index (χ3v) is 3.98. The molecule has 1 saturated carbocycles. The van der Waals surface area contributed by atoms with E-state index >= 15 is 0 Å². The number of nitrogens with zero attached hydrogens (tertiary/aromatic N) is 1. The Morgan fingerprint density at radius 2 is 2.31 bits per heavy atom. The number of piperazine rings is 1. The largest absolute Gasteiger partial charge is 0.337 e. The molecule has 0 aromatic rings. The minimum Gasteiger partial charge on any atom is -0.337 e. The quantitative estimate of drug-likeness (QED) is 0.712. The zero-order valence-electron chi connectivity index (χ0n) is 10.1. The molecule has 4 nitrogen and oxygen atoms in total. The van der Waals surface area contributed by atoms with Crippen molar-refractivity contribution in [2.45, 2.75) is 44.7 Å². The van der Waals surface area contributed by atoms with Gasteiger partial charge in [0.1, 0.15) is 0 Å². The molecule has 16 heavy (non-hydrogen) atoms. The van der Waals surface area contributed by atoms with Crippen molar-refractivity contribution in [2.24, 2.45) is 11.7 Å². The zero-order valence-corrected chi connectivity index (χ0v) is 10.1. The van der Waals surface area contributed by atoms with Crippen LogP contribution in [0.3, 0.4) is 0 Å². The van der Waals surface area contributed by atoms with Gasteiger partial charge < -0.3 is 16.0 Å². The van der Waals surface area contributed by atoms with Gasteiger partial charge in [-0.3, -0.25) is 4.79 Å². The summed E-state index contributed by atoms with van der Waals surface area (Å²) in [5, 5.41) is 3.30. The molecule has 0 aromatic heterocycles. The molecule has 3 atom stereocenters. The Labute approximate surface area is 97.6 Å². The van der Waals surface area contributed by atoms with Gasteiger partial charge in [0.2, 0.25) is 5.91 Å². The number of amides is 1. The SMILES string of the molecule is C[C@@H]1CNCCN1C(=O)C[C@@H]1CCC[C@H]1N. The van der Waals surface area contributed by atoms with Gasteiger partial charge in [-0.25, -0.2) is 0 Å². The average Bonchev–Trinajstić information content (AvgIpc) is 2.65. The van der Waals surface area contributed by atoms with Crippen molar-refractivity contribution >= 4 is 5.91 Å². The van der Waals surface area contributed by atoms with Crippen molar-refractivity contribution in [3.05, 3.63) is 0 Å². The Bertz CT molecular complexity index is 257. The van der Waals surface area contributed by atoms with Crippen LogP contribution in [0.2, 0.25) is 0 Å². The summed E-state index contributed by atoms with van der Waals surface area (Å²) >= 11 is 0. The number of carbonyl (C=O) groups excluding carboxylic acids is 1. The van der Waals surface area contributed by atoms with E-state index in [1.165, 1.54) is 6.42 Å². The van der Waals surface area contributed by atoms with Crippen LogP contribution in [0.5, 0.6) is 0 Å². The minimum atomic E-state index is 0.252. The first-order valence-electron chi connectivity index (χ1n) is 6.44. The number of hydrogen-bond donors (Lipinski definition) is 2. The summed E-state index contributed by atoms with van der Waals surface area (Å²) in [6, 6.07) is 0.584. The first kappa shape index (κ1) is 11.9. The number of hydrogen-bond acceptors (Lipinski definition) is 3. The lowest BCUT2D eigenvalue weighted by Gasteiger charge is -2.35. The molecule has 0 spiro atoms. The van der Waals surface area contributed by atoms with E-state index < -0.39 is 0 Å². The molecule has 0 unspecified atom stereocenters. The van der Waals surface area contributed by atoms with Gasteiger partial charge in [0.25, 0.3) is 0 Å². The lowest BCUT2D eigenvalue weighted by molar-refractivity contribution is -0.135. The smallest absolute Gasteiger partial charge is 0.223 e. The molecule has 4 heteroatoms. The maximum absolute atomic E-state index is 12.2. The highest BCUT2D eigenvalue weighted by Crippen LogP contribution is 2.27. The van der Waals surface area contributed by atoms with E-state index in [0.717, 1.165) is 32.5 Å². The normalized spacial score (nSPS) is 35.4. The van der Waals surface area contributed by atoms with Crippen molar-refractivity contribution < 1.29 is 4.79 Å². The van der Waals surface area contributed by atoms with Crippen LogP contribution >= 0.6 is 0 Å². The van der Waals surface area contributed by atoms with Crippen LogP contribution in [-0.2, 0) is 4.79 Å². The molecule has 92 valence electrons. The summed E-state index contributed by atoms with van der Waals surface area (Å²) in [5.41, 5.74) is 6.01. The fraction of sp³-hybridized carbons (Fsp3) is 0.917. The minimum absolute atomic E-state index is 0.252. The van der Waals surface area contributed by atoms with Crippen molar-refractivity contribution in [1.82, 2.24) is 10.2 Å². The van der Waals surface area contributed by atoms with Gasteiger partial charge in [-0.1, -0.05) is 6.42 Å². The Balaban J connectivity index is 1.86. The first-order chi connectivity index (χ1) is 7.68. The highest BCUT2D eigenvalue weighted by Gasteiger charge is 2.30. The molecule has 1 saturated heterocycles. The van der Waals surface area contributed by atoms with Gasteiger partial charge in [-0.15, -0.1) is 0 Å². The molecule has 0 aromatic carbocycles. The molecular formula is C12H23N3O. The van der Waals surface area contributed by atoms with Crippen molar-refractivity contribution in [1.29, 1.82) is 0 Å². The number of rotatable bonds is 2. The van der Waals surface area contributed by atoms with E-state index in [2.05, 4.69) is 12.2 Å². The lowest BCUT2D eigenvalue weighted by Crippen LogP contribution is -2.52. The summed E-state index contributed by atoms with van der Waals surface area (Å²) < 4.78 is 0. The van der Waals surface area contributed by atoms with Crippen LogP contribution in [0.25, 0.3) is 0 Å². The zero-order chi connectivity index (χ0) is 11.5. The number of carbonyl (C=O) groups is 1. The molecule has 2 fully saturated rings. The standard InChI is InChI=1S/C12H23N3O/c1-9-8-14-5-6-15(9)12(16)7-10-3-2-4-11(10)13/h9-11,14H,2-8,13H2,1H3/t9-,10+,11-/m1/s1. The summed E-state index contributed by atoms with van der Waals surface area (Å²) in [7, 11) is 0. The Morgan fingerprint density at radius 3 is 2.94 bits per heavy atom. The van der Waals surface area contributed by atoms with Crippen LogP contribution in [-0.4, -0.2) is 42.5 Å². The maximum atomic E-state index is 12.2. The molecular weight excluding hydrogens is 202 g/mol. The average molecular weight is 225 g/mol. The number of nitrogens with two attached hydrogens (primary N) is 1. The summed E-state index contributed by atoms with van der Waals surface area (Å²) in [6.45, 7) is 4.80. The van der Waals surface area contributed by atoms with E-state index in [9.17, 15) is 4.79 Å². The Hall–Kier alpha value is -0.610. The third kappa shape index (κ3) is 2.55. The van der Waals surface area contributed by atoms with Gasteiger partial charge >= 0.3 is 0 Å². The van der Waals surface area contributed by atoms with Crippen LogP contribution < -0.4 is 11.1 Å². The van der Waals surface area contributed by atoms with Gasteiger partial charge in [0, 0.05) is 38.1 Å². The summed E-state index contributed by atoms with van der Waals surface area (Å²) in [6.07, 6.45) is 4.07. The molecule has 3 N–H and O–H groups in total. The summed E-state index contributed by atoms with van der Waals surface area (Å²) in [5.74, 6) is 0.728. The monoisotopic (exact) mass is 225 g/mol. The molecule has 2 rings (SSSR count). The van der Waals surface area contributed by atoms with E-state index in [4.69, 9.17) is 5.73 Å². The van der Waals surface area contributed by atoms with Crippen LogP contribution in [0.15, 0.2) is 0 Å². The molecule has 1 heterocycles. The third-order valence-electron chi connectivity index (χ3n) is 3.98. The van der Waals surface area contributed by atoms with E-state index in [1.807, 2.05) is 4.90 Å². The Kier molecular flexibility index (Phi) is 3.82. The topological polar surface area (TPSA) is 58.4 Å². The fourth-order valence-corrected chi connectivity index (χ4v) is 2.87. The van der Waals surface area contributed by atoms with Gasteiger partial charge in [0.15, 0.2) is 0 Å². The lowest BCUT2D eigenvalue weighted by atomic mass is 9.99. The highest BCUT2D eigenvalue weighted by atomic mass is 16.2. The second kappa shape index (κ2) is 5.15. The molecule has 0 radical (unpaired) electrons. The van der Waals surface area contributed by atoms with Crippen molar-refractivity contribution in [2.75, 3.05) is 19.6 Å². The van der Waals surface area contributed by atoms with E-state index in [1.54, 1.807) is 0 Å². The summed E-state index contributed by atoms with van der Waals surface area (Å²) in [4.78, 5) is 14.2. The first-order valence-corrected chi connectivity index (χ1v) is 6.44. The Morgan fingerprint density at radius 1 is 1.50 bits per heavy atom. The van der Waals surface area contributed by atoms with Gasteiger partial charge in [0.05, 0.1) is 0 Å². The van der Waals surface area contributed by atoms with Gasteiger partial charge in [-0.2, -0.15) is 0 Å². The molecule has 1 aliphatic heterocycles. The second-order valence-corrected chi connectivity index (χ2v) is 5.20. The van der Waals surface area contributed by atoms with Crippen LogP contribution in [0.4, 0.5) is 0 Å². The molecule has 1 amide bonds. The second-order valence-electron chi connectivity index (χ2n) is 5.20. The molecule has 0 bridgehead atoms. The maximum Gasteiger partial charge on any atom is 0.223 e. The predicted octanol–water partition coefficient (Wildman–Crippen LogP) is 0.324. The molecule has 1 aliphatic carbocycles. The van der Waals surface area contributed by atoms with Crippen LogP contribution in [0.1, 0.15) is 32.6 Å². The van der Waals surface area contributed by atoms with Crippen molar-refractivity contribution in [3.63, 3.8) is 0 Å². The predicted molar refractivity (Wildman–Crippen MR) is 64.0 cm³/mol. The van der Waals surface area contributed by atoms with E-state index in [0.29, 0.717) is 24.3 Å². The van der Waals surface area contributed by atoms with Gasteiger partial charge in [-0.05, 0) is 25.7 Å². The molecule has 2 aliphatic rings. The number of nitrogens with one attached hydrogen (secondary N) is 1. The fourth-order valence-electron chi connectivity index (χ4n) is 2.87. The highest BCUT2D eigenvalue weighted by molar-refractivity contribution is 5.77. The van der Waals surface area contributed by atoms with Crippen LogP contribution in [0, 0.1) is 5.92 Å².